The fraction of sp³-hybridized carbons (Fsp3) is 0.667. The number of amides is 3. The van der Waals surface area contributed by atoms with E-state index in [1.165, 1.54) is 0 Å². The molecule has 7 nitrogen and oxygen atoms in total. The molecule has 0 unspecified atom stereocenters. The number of carbonyl (C=O) groups excluding carboxylic acids is 2. The molecule has 7 heteroatoms. The van der Waals surface area contributed by atoms with Crippen molar-refractivity contribution in [3.63, 3.8) is 0 Å². The summed E-state index contributed by atoms with van der Waals surface area (Å²) in [5.41, 5.74) is 4.87. The Hall–Kier alpha value is -1.79. The number of carboxylic acid groups (broad SMARTS) is 1. The molecule has 16 heavy (non-hydrogen) atoms. The molecule has 0 bridgehead atoms. The Morgan fingerprint density at radius 3 is 2.38 bits per heavy atom. The van der Waals surface area contributed by atoms with E-state index in [2.05, 4.69) is 10.6 Å². The van der Waals surface area contributed by atoms with Gasteiger partial charge >= 0.3 is 12.0 Å². The molecule has 0 aliphatic heterocycles. The number of hydrogen-bond donors (Lipinski definition) is 4. The van der Waals surface area contributed by atoms with Crippen LogP contribution in [0.25, 0.3) is 0 Å². The summed E-state index contributed by atoms with van der Waals surface area (Å²) in [4.78, 5) is 32.6. The molecular formula is C9H15N3O4. The largest absolute Gasteiger partial charge is 0.480 e. The molecule has 1 saturated carbocycles. The quantitative estimate of drug-likeness (QED) is 0.491. The van der Waals surface area contributed by atoms with Crippen molar-refractivity contribution in [3.05, 3.63) is 0 Å². The second-order valence-corrected chi connectivity index (χ2v) is 3.81. The first-order chi connectivity index (χ1) is 7.49. The molecule has 1 aliphatic carbocycles. The second-order valence-electron chi connectivity index (χ2n) is 3.81. The van der Waals surface area contributed by atoms with Crippen molar-refractivity contribution in [1.82, 2.24) is 10.6 Å². The number of hydrogen-bond acceptors (Lipinski definition) is 3. The maximum atomic E-state index is 11.3. The lowest BCUT2D eigenvalue weighted by molar-refractivity contribution is -0.140. The SMILES string of the molecule is NC(=O)C[C@H](NC(=O)NC1CCC1)C(=O)O. The predicted octanol–water partition coefficient (Wildman–Crippen LogP) is -0.833. The number of nitrogens with one attached hydrogen (secondary N) is 2. The van der Waals surface area contributed by atoms with Crippen LogP contribution < -0.4 is 16.4 Å². The molecule has 5 N–H and O–H groups in total. The van der Waals surface area contributed by atoms with Gasteiger partial charge in [-0.1, -0.05) is 0 Å². The summed E-state index contributed by atoms with van der Waals surface area (Å²) in [5.74, 6) is -2.04. The van der Waals surface area contributed by atoms with Crippen LogP contribution in [0.15, 0.2) is 0 Å². The van der Waals surface area contributed by atoms with Crippen molar-refractivity contribution >= 4 is 17.9 Å². The molecule has 3 amide bonds. The number of rotatable bonds is 5. The summed E-state index contributed by atoms with van der Waals surface area (Å²) >= 11 is 0. The molecule has 0 aromatic carbocycles. The number of urea groups is 1. The van der Waals surface area contributed by atoms with Gasteiger partial charge in [0.1, 0.15) is 6.04 Å². The van der Waals surface area contributed by atoms with Gasteiger partial charge in [-0.15, -0.1) is 0 Å². The minimum Gasteiger partial charge on any atom is -0.480 e. The monoisotopic (exact) mass is 229 g/mol. The van der Waals surface area contributed by atoms with E-state index in [0.29, 0.717) is 0 Å². The Labute approximate surface area is 92.4 Å². The third-order valence-electron chi connectivity index (χ3n) is 2.45. The minimum atomic E-state index is -1.28. The molecule has 0 spiro atoms. The van der Waals surface area contributed by atoms with E-state index in [-0.39, 0.29) is 6.04 Å². The van der Waals surface area contributed by atoms with Crippen molar-refractivity contribution < 1.29 is 19.5 Å². The Balaban J connectivity index is 2.37. The Bertz CT molecular complexity index is 301. The van der Waals surface area contributed by atoms with Gasteiger partial charge in [-0.05, 0) is 19.3 Å². The van der Waals surface area contributed by atoms with Gasteiger partial charge in [0.15, 0.2) is 0 Å². The first kappa shape index (κ1) is 12.3. The van der Waals surface area contributed by atoms with Crippen molar-refractivity contribution in [1.29, 1.82) is 0 Å². The van der Waals surface area contributed by atoms with Crippen LogP contribution in [0.1, 0.15) is 25.7 Å². The van der Waals surface area contributed by atoms with Gasteiger partial charge in [-0.2, -0.15) is 0 Å². The van der Waals surface area contributed by atoms with E-state index >= 15 is 0 Å². The Morgan fingerprint density at radius 1 is 1.38 bits per heavy atom. The molecule has 0 radical (unpaired) electrons. The zero-order valence-electron chi connectivity index (χ0n) is 8.73. The van der Waals surface area contributed by atoms with Crippen LogP contribution in [0.5, 0.6) is 0 Å². The standard InChI is InChI=1S/C9H15N3O4/c10-7(13)4-6(8(14)15)12-9(16)11-5-2-1-3-5/h5-6H,1-4H2,(H2,10,13)(H,14,15)(H2,11,12,16)/t6-/m0/s1. The summed E-state index contributed by atoms with van der Waals surface area (Å²) in [7, 11) is 0. The summed E-state index contributed by atoms with van der Waals surface area (Å²) in [6.45, 7) is 0. The maximum absolute atomic E-state index is 11.3. The van der Waals surface area contributed by atoms with Crippen molar-refractivity contribution in [3.8, 4) is 0 Å². The lowest BCUT2D eigenvalue weighted by Crippen LogP contribution is -2.51. The van der Waals surface area contributed by atoms with Gasteiger partial charge in [0, 0.05) is 6.04 Å². The van der Waals surface area contributed by atoms with E-state index in [9.17, 15) is 14.4 Å². The summed E-state index contributed by atoms with van der Waals surface area (Å²) < 4.78 is 0. The number of aliphatic carboxylic acids is 1. The highest BCUT2D eigenvalue weighted by atomic mass is 16.4. The lowest BCUT2D eigenvalue weighted by atomic mass is 9.93. The fourth-order valence-electron chi connectivity index (χ4n) is 1.34. The van der Waals surface area contributed by atoms with Gasteiger partial charge in [-0.25, -0.2) is 9.59 Å². The van der Waals surface area contributed by atoms with Crippen LogP contribution in [0.4, 0.5) is 4.79 Å². The van der Waals surface area contributed by atoms with Crippen molar-refractivity contribution in [2.45, 2.75) is 37.8 Å². The molecule has 1 rings (SSSR count). The topological polar surface area (TPSA) is 122 Å². The first-order valence-corrected chi connectivity index (χ1v) is 5.07. The molecular weight excluding hydrogens is 214 g/mol. The third kappa shape index (κ3) is 3.76. The highest BCUT2D eigenvalue weighted by Gasteiger charge is 2.24. The van der Waals surface area contributed by atoms with Crippen LogP contribution in [0.3, 0.4) is 0 Å². The van der Waals surface area contributed by atoms with E-state index in [0.717, 1.165) is 19.3 Å². The van der Waals surface area contributed by atoms with Crippen LogP contribution in [-0.4, -0.2) is 35.1 Å². The molecule has 1 aliphatic rings. The lowest BCUT2D eigenvalue weighted by Gasteiger charge is -2.27. The Kier molecular flexibility index (Phi) is 4.10. The van der Waals surface area contributed by atoms with Crippen LogP contribution in [0, 0.1) is 0 Å². The van der Waals surface area contributed by atoms with Crippen LogP contribution in [0.2, 0.25) is 0 Å². The van der Waals surface area contributed by atoms with E-state index in [1.807, 2.05) is 0 Å². The predicted molar refractivity (Wildman–Crippen MR) is 54.5 cm³/mol. The normalized spacial score (nSPS) is 17.0. The highest BCUT2D eigenvalue weighted by molar-refractivity contribution is 5.87. The van der Waals surface area contributed by atoms with Gasteiger partial charge < -0.3 is 21.5 Å². The third-order valence-corrected chi connectivity index (χ3v) is 2.45. The number of nitrogens with two attached hydrogens (primary N) is 1. The van der Waals surface area contributed by atoms with Gasteiger partial charge in [0.05, 0.1) is 6.42 Å². The molecule has 1 fully saturated rings. The molecule has 0 aromatic heterocycles. The number of primary amides is 1. The Morgan fingerprint density at radius 2 is 2.00 bits per heavy atom. The molecule has 0 saturated heterocycles. The smallest absolute Gasteiger partial charge is 0.326 e. The zero-order chi connectivity index (χ0) is 12.1. The summed E-state index contributed by atoms with van der Waals surface area (Å²) in [5, 5.41) is 13.5. The number of carboxylic acids is 1. The molecule has 0 aromatic rings. The van der Waals surface area contributed by atoms with Crippen LogP contribution in [-0.2, 0) is 9.59 Å². The van der Waals surface area contributed by atoms with Gasteiger partial charge in [0.25, 0.3) is 0 Å². The fourth-order valence-corrected chi connectivity index (χ4v) is 1.34. The average molecular weight is 229 g/mol. The molecule has 1 atom stereocenters. The maximum Gasteiger partial charge on any atom is 0.326 e. The van der Waals surface area contributed by atoms with Crippen molar-refractivity contribution in [2.75, 3.05) is 0 Å². The van der Waals surface area contributed by atoms with E-state index in [4.69, 9.17) is 10.8 Å². The van der Waals surface area contributed by atoms with Crippen molar-refractivity contribution in [2.24, 2.45) is 5.73 Å². The number of carbonyl (C=O) groups is 3. The van der Waals surface area contributed by atoms with Gasteiger partial charge in [0.2, 0.25) is 5.91 Å². The minimum absolute atomic E-state index is 0.114. The molecule has 0 heterocycles. The first-order valence-electron chi connectivity index (χ1n) is 5.07. The second kappa shape index (κ2) is 5.34. The highest BCUT2D eigenvalue weighted by Crippen LogP contribution is 2.17. The van der Waals surface area contributed by atoms with E-state index < -0.39 is 30.4 Å². The van der Waals surface area contributed by atoms with E-state index in [1.54, 1.807) is 0 Å². The van der Waals surface area contributed by atoms with Crippen LogP contribution >= 0.6 is 0 Å². The average Bonchev–Trinajstić information content (AvgIpc) is 2.09. The molecule has 90 valence electrons. The zero-order valence-corrected chi connectivity index (χ0v) is 8.73. The summed E-state index contributed by atoms with van der Waals surface area (Å²) in [6, 6.07) is -1.72. The summed E-state index contributed by atoms with van der Waals surface area (Å²) in [6.07, 6.45) is 2.46. The van der Waals surface area contributed by atoms with Gasteiger partial charge in [-0.3, -0.25) is 4.79 Å².